The first-order valence-electron chi connectivity index (χ1n) is 10.8. The highest BCUT2D eigenvalue weighted by atomic mass is 32.2. The second-order valence-corrected chi connectivity index (χ2v) is 9.99. The van der Waals surface area contributed by atoms with Gasteiger partial charge in [0.2, 0.25) is 0 Å². The predicted molar refractivity (Wildman–Crippen MR) is 124 cm³/mol. The number of carbonyl (C=O) groups is 1. The number of para-hydroxylation sites is 1. The minimum absolute atomic E-state index is 0.0107. The molecule has 4 rings (SSSR count). The standard InChI is InChI=1S/C25H24F2N2O4S/c1-28(20-5-3-2-4-6-20)34(31,32)22-10-7-18(8-11-22)25(30)29-15-13-21(14-16-29)33-24-12-9-19(26)17-23(24)27/h2-12,17,21H,13-16H2,1H3. The van der Waals surface area contributed by atoms with Gasteiger partial charge in [0.1, 0.15) is 11.9 Å². The van der Waals surface area contributed by atoms with Gasteiger partial charge in [0.25, 0.3) is 15.9 Å². The average molecular weight is 487 g/mol. The lowest BCUT2D eigenvalue weighted by Gasteiger charge is -2.32. The van der Waals surface area contributed by atoms with Crippen molar-refractivity contribution < 1.29 is 26.7 Å². The summed E-state index contributed by atoms with van der Waals surface area (Å²) in [6.45, 7) is 0.812. The molecule has 34 heavy (non-hydrogen) atoms. The number of benzene rings is 3. The van der Waals surface area contributed by atoms with E-state index in [1.54, 1.807) is 35.2 Å². The van der Waals surface area contributed by atoms with Crippen molar-refractivity contribution in [3.05, 3.63) is 90.0 Å². The van der Waals surface area contributed by atoms with E-state index in [9.17, 15) is 22.0 Å². The van der Waals surface area contributed by atoms with Crippen LogP contribution in [0.4, 0.5) is 14.5 Å². The summed E-state index contributed by atoms with van der Waals surface area (Å²) in [5.41, 5.74) is 0.915. The number of sulfonamides is 1. The van der Waals surface area contributed by atoms with Gasteiger partial charge in [-0.15, -0.1) is 0 Å². The second-order valence-electron chi connectivity index (χ2n) is 8.02. The van der Waals surface area contributed by atoms with Crippen molar-refractivity contribution in [3.8, 4) is 5.75 Å². The largest absolute Gasteiger partial charge is 0.487 e. The third-order valence-electron chi connectivity index (χ3n) is 5.80. The van der Waals surface area contributed by atoms with Crippen molar-refractivity contribution in [3.63, 3.8) is 0 Å². The van der Waals surface area contributed by atoms with Crippen LogP contribution >= 0.6 is 0 Å². The van der Waals surface area contributed by atoms with Crippen LogP contribution in [-0.2, 0) is 10.0 Å². The first kappa shape index (κ1) is 23.7. The number of ether oxygens (including phenoxy) is 1. The maximum atomic E-state index is 13.8. The Bertz CT molecular complexity index is 1260. The molecule has 0 aromatic heterocycles. The number of nitrogens with zero attached hydrogens (tertiary/aromatic N) is 2. The maximum Gasteiger partial charge on any atom is 0.264 e. The molecule has 0 aliphatic carbocycles. The van der Waals surface area contributed by atoms with E-state index in [-0.39, 0.29) is 22.7 Å². The maximum absolute atomic E-state index is 13.8. The Kier molecular flexibility index (Phi) is 6.83. The summed E-state index contributed by atoms with van der Waals surface area (Å²) in [4.78, 5) is 14.6. The molecule has 0 radical (unpaired) electrons. The predicted octanol–water partition coefficient (Wildman–Crippen LogP) is 4.47. The van der Waals surface area contributed by atoms with Gasteiger partial charge in [-0.1, -0.05) is 18.2 Å². The lowest BCUT2D eigenvalue weighted by atomic mass is 10.1. The van der Waals surface area contributed by atoms with Crippen molar-refractivity contribution in [1.82, 2.24) is 4.90 Å². The minimum atomic E-state index is -3.76. The molecule has 0 spiro atoms. The summed E-state index contributed by atoms with van der Waals surface area (Å²) >= 11 is 0. The molecule has 1 heterocycles. The lowest BCUT2D eigenvalue weighted by molar-refractivity contribution is 0.0588. The molecule has 0 bridgehead atoms. The number of amides is 1. The Balaban J connectivity index is 1.38. The summed E-state index contributed by atoms with van der Waals surface area (Å²) in [5, 5.41) is 0. The summed E-state index contributed by atoms with van der Waals surface area (Å²) in [7, 11) is -2.28. The van der Waals surface area contributed by atoms with Crippen molar-refractivity contribution in [2.24, 2.45) is 0 Å². The van der Waals surface area contributed by atoms with Crippen LogP contribution in [0.25, 0.3) is 0 Å². The highest BCUT2D eigenvalue weighted by molar-refractivity contribution is 7.92. The number of halogens is 2. The van der Waals surface area contributed by atoms with E-state index in [1.165, 1.54) is 41.7 Å². The fourth-order valence-corrected chi connectivity index (χ4v) is 5.01. The fourth-order valence-electron chi connectivity index (χ4n) is 3.81. The van der Waals surface area contributed by atoms with Gasteiger partial charge in [-0.05, 0) is 48.5 Å². The quantitative estimate of drug-likeness (QED) is 0.516. The van der Waals surface area contributed by atoms with Crippen molar-refractivity contribution in [2.45, 2.75) is 23.8 Å². The zero-order valence-corrected chi connectivity index (χ0v) is 19.3. The summed E-state index contributed by atoms with van der Waals surface area (Å²) < 4.78 is 59.5. The van der Waals surface area contributed by atoms with Crippen LogP contribution < -0.4 is 9.04 Å². The molecule has 1 aliphatic rings. The fraction of sp³-hybridized carbons (Fsp3) is 0.240. The molecule has 1 amide bonds. The van der Waals surface area contributed by atoms with Gasteiger partial charge in [-0.2, -0.15) is 0 Å². The molecular weight excluding hydrogens is 462 g/mol. The van der Waals surface area contributed by atoms with Gasteiger partial charge in [-0.25, -0.2) is 17.2 Å². The zero-order chi connectivity index (χ0) is 24.3. The van der Waals surface area contributed by atoms with Crippen molar-refractivity contribution in [2.75, 3.05) is 24.4 Å². The monoisotopic (exact) mass is 486 g/mol. The smallest absolute Gasteiger partial charge is 0.264 e. The van der Waals surface area contributed by atoms with Crippen molar-refractivity contribution >= 4 is 21.6 Å². The Morgan fingerprint density at radius 3 is 2.24 bits per heavy atom. The number of carbonyl (C=O) groups excluding carboxylic acids is 1. The molecule has 0 saturated carbocycles. The summed E-state index contributed by atoms with van der Waals surface area (Å²) in [6.07, 6.45) is 0.707. The molecule has 1 fully saturated rings. The van der Waals surface area contributed by atoms with E-state index < -0.39 is 21.7 Å². The van der Waals surface area contributed by atoms with Gasteiger partial charge in [-0.3, -0.25) is 9.10 Å². The third-order valence-corrected chi connectivity index (χ3v) is 7.60. The van der Waals surface area contributed by atoms with E-state index in [1.807, 2.05) is 0 Å². The molecule has 9 heteroatoms. The Hall–Kier alpha value is -3.46. The molecule has 1 saturated heterocycles. The molecule has 6 nitrogen and oxygen atoms in total. The number of anilines is 1. The highest BCUT2D eigenvalue weighted by Crippen LogP contribution is 2.25. The van der Waals surface area contributed by atoms with Crippen LogP contribution in [-0.4, -0.2) is 45.5 Å². The number of hydrogen-bond donors (Lipinski definition) is 0. The number of rotatable bonds is 6. The van der Waals surface area contributed by atoms with Gasteiger partial charge in [0, 0.05) is 44.6 Å². The molecule has 178 valence electrons. The zero-order valence-electron chi connectivity index (χ0n) is 18.5. The van der Waals surface area contributed by atoms with Gasteiger partial charge in [0.05, 0.1) is 10.6 Å². The average Bonchev–Trinajstić information content (AvgIpc) is 2.86. The van der Waals surface area contributed by atoms with E-state index in [4.69, 9.17) is 4.74 Å². The van der Waals surface area contributed by atoms with E-state index >= 15 is 0 Å². The minimum Gasteiger partial charge on any atom is -0.487 e. The van der Waals surface area contributed by atoms with Crippen LogP contribution in [0.2, 0.25) is 0 Å². The van der Waals surface area contributed by atoms with Gasteiger partial charge in [0.15, 0.2) is 11.6 Å². The Labute approximate surface area is 197 Å². The molecule has 3 aromatic carbocycles. The van der Waals surface area contributed by atoms with Crippen LogP contribution in [0.1, 0.15) is 23.2 Å². The van der Waals surface area contributed by atoms with Crippen molar-refractivity contribution in [1.29, 1.82) is 0 Å². The van der Waals surface area contributed by atoms with E-state index in [2.05, 4.69) is 0 Å². The number of hydrogen-bond acceptors (Lipinski definition) is 4. The molecule has 0 N–H and O–H groups in total. The molecule has 1 aliphatic heterocycles. The SMILES string of the molecule is CN(c1ccccc1)S(=O)(=O)c1ccc(C(=O)N2CCC(Oc3ccc(F)cc3F)CC2)cc1. The lowest BCUT2D eigenvalue weighted by Crippen LogP contribution is -2.41. The van der Waals surface area contributed by atoms with Gasteiger partial charge >= 0.3 is 0 Å². The van der Waals surface area contributed by atoms with Crippen LogP contribution in [0.15, 0.2) is 77.7 Å². The van der Waals surface area contributed by atoms with E-state index in [0.717, 1.165) is 12.1 Å². The first-order valence-corrected chi connectivity index (χ1v) is 12.2. The van der Waals surface area contributed by atoms with Crippen LogP contribution in [0, 0.1) is 11.6 Å². The third kappa shape index (κ3) is 5.04. The molecule has 3 aromatic rings. The Morgan fingerprint density at radius 2 is 1.62 bits per heavy atom. The van der Waals surface area contributed by atoms with Gasteiger partial charge < -0.3 is 9.64 Å². The number of likely N-dealkylation sites (tertiary alicyclic amines) is 1. The molecule has 0 unspecified atom stereocenters. The molecular formula is C25H24F2N2O4S. The number of piperidine rings is 1. The Morgan fingerprint density at radius 1 is 0.971 bits per heavy atom. The topological polar surface area (TPSA) is 66.9 Å². The van der Waals surface area contributed by atoms with Crippen LogP contribution in [0.5, 0.6) is 5.75 Å². The summed E-state index contributed by atoms with van der Waals surface area (Å²) in [6, 6.07) is 17.8. The highest BCUT2D eigenvalue weighted by Gasteiger charge is 2.26. The summed E-state index contributed by atoms with van der Waals surface area (Å²) in [5.74, 6) is -1.66. The molecule has 0 atom stereocenters. The first-order chi connectivity index (χ1) is 16.3. The van der Waals surface area contributed by atoms with E-state index in [0.29, 0.717) is 37.2 Å². The van der Waals surface area contributed by atoms with Crippen LogP contribution in [0.3, 0.4) is 0 Å². The second kappa shape index (κ2) is 9.80. The normalized spacial score (nSPS) is 14.6.